The fourth-order valence-corrected chi connectivity index (χ4v) is 1.94. The zero-order chi connectivity index (χ0) is 11.6. The number of hydrogen-bond donors (Lipinski definition) is 0. The molecule has 0 bridgehead atoms. The molecule has 0 unspecified atom stereocenters. The molecule has 16 heavy (non-hydrogen) atoms. The molecule has 1 aliphatic rings. The summed E-state index contributed by atoms with van der Waals surface area (Å²) in [4.78, 5) is 0. The molecule has 0 atom stereocenters. The van der Waals surface area contributed by atoms with Gasteiger partial charge in [0, 0.05) is 0 Å². The summed E-state index contributed by atoms with van der Waals surface area (Å²) >= 11 is 0. The molecular weight excluding hydrogens is 216 g/mol. The minimum Gasteiger partial charge on any atom is -0.486 e. The lowest BCUT2D eigenvalue weighted by molar-refractivity contribution is 0.171. The largest absolute Gasteiger partial charge is 0.486 e. The molecular formula is C13H16O2Si. The molecule has 0 spiro atoms. The molecule has 2 rings (SSSR count). The van der Waals surface area contributed by atoms with Gasteiger partial charge in [0.25, 0.3) is 0 Å². The molecule has 0 N–H and O–H groups in total. The zero-order valence-corrected chi connectivity index (χ0v) is 11.0. The molecule has 1 aromatic rings. The van der Waals surface area contributed by atoms with E-state index in [-0.39, 0.29) is 0 Å². The molecule has 3 heteroatoms. The van der Waals surface area contributed by atoms with Crippen molar-refractivity contribution in [3.8, 4) is 23.0 Å². The van der Waals surface area contributed by atoms with Gasteiger partial charge in [-0.3, -0.25) is 0 Å². The first kappa shape index (κ1) is 11.1. The minimum absolute atomic E-state index is 0.610. The van der Waals surface area contributed by atoms with Crippen LogP contribution in [0.5, 0.6) is 11.5 Å². The summed E-state index contributed by atoms with van der Waals surface area (Å²) < 4.78 is 11.1. The van der Waals surface area contributed by atoms with Crippen molar-refractivity contribution < 1.29 is 9.47 Å². The van der Waals surface area contributed by atoms with Crippen LogP contribution in [-0.4, -0.2) is 21.3 Å². The summed E-state index contributed by atoms with van der Waals surface area (Å²) in [6, 6.07) is 5.87. The zero-order valence-electron chi connectivity index (χ0n) is 9.96. The second kappa shape index (κ2) is 4.23. The van der Waals surface area contributed by atoms with E-state index in [4.69, 9.17) is 9.47 Å². The Hall–Kier alpha value is -1.40. The van der Waals surface area contributed by atoms with E-state index in [2.05, 4.69) is 31.1 Å². The summed E-state index contributed by atoms with van der Waals surface area (Å²) in [6.45, 7) is 7.92. The van der Waals surface area contributed by atoms with Crippen LogP contribution >= 0.6 is 0 Å². The Morgan fingerprint density at radius 1 is 1.12 bits per heavy atom. The first-order chi connectivity index (χ1) is 7.56. The van der Waals surface area contributed by atoms with Crippen molar-refractivity contribution in [2.75, 3.05) is 13.2 Å². The Labute approximate surface area is 97.6 Å². The lowest BCUT2D eigenvalue weighted by Gasteiger charge is -2.19. The highest BCUT2D eigenvalue weighted by molar-refractivity contribution is 6.83. The number of fused-ring (bicyclic) bond motifs is 1. The van der Waals surface area contributed by atoms with Crippen LogP contribution in [0, 0.1) is 11.5 Å². The molecule has 1 heterocycles. The van der Waals surface area contributed by atoms with Crippen LogP contribution in [0.15, 0.2) is 18.2 Å². The second-order valence-electron chi connectivity index (χ2n) is 4.83. The third-order valence-electron chi connectivity index (χ3n) is 2.14. The van der Waals surface area contributed by atoms with Gasteiger partial charge in [0.15, 0.2) is 11.5 Å². The molecule has 0 aliphatic carbocycles. The topological polar surface area (TPSA) is 18.5 Å². The lowest BCUT2D eigenvalue weighted by Crippen LogP contribution is -2.17. The predicted octanol–water partition coefficient (Wildman–Crippen LogP) is 2.69. The Morgan fingerprint density at radius 2 is 1.88 bits per heavy atom. The fraction of sp³-hybridized carbons (Fsp3) is 0.385. The molecule has 1 aliphatic heterocycles. The molecule has 0 fully saturated rings. The molecule has 0 saturated heterocycles. The van der Waals surface area contributed by atoms with Gasteiger partial charge in [-0.05, 0) is 12.1 Å². The highest BCUT2D eigenvalue weighted by atomic mass is 28.3. The second-order valence-corrected chi connectivity index (χ2v) is 9.58. The number of para-hydroxylation sites is 1. The maximum absolute atomic E-state index is 5.61. The standard InChI is InChI=1S/C13H16O2Si/c1-16(2,3)10-7-11-5-4-6-12-13(11)15-9-8-14-12/h4-6H,8-9H2,1-3H3. The van der Waals surface area contributed by atoms with Crippen molar-refractivity contribution in [2.45, 2.75) is 19.6 Å². The maximum Gasteiger partial charge on any atom is 0.176 e. The van der Waals surface area contributed by atoms with Gasteiger partial charge in [0.2, 0.25) is 0 Å². The summed E-state index contributed by atoms with van der Waals surface area (Å²) in [5.74, 6) is 4.84. The van der Waals surface area contributed by atoms with E-state index in [9.17, 15) is 0 Å². The van der Waals surface area contributed by atoms with Crippen molar-refractivity contribution in [3.05, 3.63) is 23.8 Å². The van der Waals surface area contributed by atoms with Crippen molar-refractivity contribution in [3.63, 3.8) is 0 Å². The van der Waals surface area contributed by atoms with Gasteiger partial charge in [-0.15, -0.1) is 5.54 Å². The van der Waals surface area contributed by atoms with Crippen molar-refractivity contribution in [1.29, 1.82) is 0 Å². The van der Waals surface area contributed by atoms with E-state index in [0.29, 0.717) is 13.2 Å². The van der Waals surface area contributed by atoms with E-state index in [1.807, 2.05) is 18.2 Å². The van der Waals surface area contributed by atoms with Crippen LogP contribution in [-0.2, 0) is 0 Å². The Kier molecular flexibility index (Phi) is 2.93. The number of rotatable bonds is 0. The monoisotopic (exact) mass is 232 g/mol. The number of ether oxygens (including phenoxy) is 2. The van der Waals surface area contributed by atoms with Crippen LogP contribution in [0.1, 0.15) is 5.56 Å². The van der Waals surface area contributed by atoms with Gasteiger partial charge < -0.3 is 9.47 Å². The molecule has 2 nitrogen and oxygen atoms in total. The van der Waals surface area contributed by atoms with E-state index in [1.54, 1.807) is 0 Å². The highest BCUT2D eigenvalue weighted by Gasteiger charge is 2.15. The van der Waals surface area contributed by atoms with Crippen LogP contribution in [0.25, 0.3) is 0 Å². The molecule has 84 valence electrons. The summed E-state index contributed by atoms with van der Waals surface area (Å²) in [6.07, 6.45) is 0. The van der Waals surface area contributed by atoms with Crippen molar-refractivity contribution >= 4 is 8.07 Å². The minimum atomic E-state index is -1.34. The van der Waals surface area contributed by atoms with Crippen molar-refractivity contribution in [1.82, 2.24) is 0 Å². The third kappa shape index (κ3) is 2.59. The Bertz CT molecular complexity index is 449. The van der Waals surface area contributed by atoms with E-state index < -0.39 is 8.07 Å². The molecule has 1 aromatic carbocycles. The Balaban J connectivity index is 2.37. The predicted molar refractivity (Wildman–Crippen MR) is 67.7 cm³/mol. The van der Waals surface area contributed by atoms with Gasteiger partial charge in [-0.2, -0.15) is 0 Å². The van der Waals surface area contributed by atoms with E-state index >= 15 is 0 Å². The SMILES string of the molecule is C[Si](C)(C)C#Cc1cccc2c1OCCO2. The fourth-order valence-electron chi connectivity index (χ4n) is 1.43. The van der Waals surface area contributed by atoms with Crippen LogP contribution < -0.4 is 9.47 Å². The highest BCUT2D eigenvalue weighted by Crippen LogP contribution is 2.32. The summed E-state index contributed by atoms with van der Waals surface area (Å²) in [5, 5.41) is 0. The van der Waals surface area contributed by atoms with Crippen LogP contribution in [0.3, 0.4) is 0 Å². The Morgan fingerprint density at radius 3 is 2.62 bits per heavy atom. The van der Waals surface area contributed by atoms with Crippen LogP contribution in [0.2, 0.25) is 19.6 Å². The third-order valence-corrected chi connectivity index (χ3v) is 3.01. The van der Waals surface area contributed by atoms with E-state index in [0.717, 1.165) is 17.1 Å². The summed E-state index contributed by atoms with van der Waals surface area (Å²) in [7, 11) is -1.34. The first-order valence-corrected chi connectivity index (χ1v) is 8.98. The quantitative estimate of drug-likeness (QED) is 0.506. The normalized spacial score (nSPS) is 13.9. The first-order valence-electron chi connectivity index (χ1n) is 5.48. The van der Waals surface area contributed by atoms with Gasteiger partial charge in [-0.1, -0.05) is 31.6 Å². The number of hydrogen-bond acceptors (Lipinski definition) is 2. The lowest BCUT2D eigenvalue weighted by atomic mass is 10.2. The van der Waals surface area contributed by atoms with Gasteiger partial charge in [-0.25, -0.2) is 0 Å². The van der Waals surface area contributed by atoms with Crippen molar-refractivity contribution in [2.24, 2.45) is 0 Å². The maximum atomic E-state index is 5.61. The summed E-state index contributed by atoms with van der Waals surface area (Å²) in [5.41, 5.74) is 4.29. The van der Waals surface area contributed by atoms with E-state index in [1.165, 1.54) is 0 Å². The van der Waals surface area contributed by atoms with Gasteiger partial charge in [0.05, 0.1) is 5.56 Å². The van der Waals surface area contributed by atoms with Gasteiger partial charge in [0.1, 0.15) is 21.3 Å². The molecule has 0 amide bonds. The average molecular weight is 232 g/mol. The smallest absolute Gasteiger partial charge is 0.176 e. The molecule has 0 radical (unpaired) electrons. The average Bonchev–Trinajstić information content (AvgIpc) is 2.25. The molecule has 0 saturated carbocycles. The number of benzene rings is 1. The van der Waals surface area contributed by atoms with Crippen LogP contribution in [0.4, 0.5) is 0 Å². The molecule has 0 aromatic heterocycles. The van der Waals surface area contributed by atoms with Gasteiger partial charge >= 0.3 is 0 Å².